The summed E-state index contributed by atoms with van der Waals surface area (Å²) in [6.07, 6.45) is 22.8. The number of nitrogens with zero attached hydrogens (tertiary/aromatic N) is 23. The highest BCUT2D eigenvalue weighted by molar-refractivity contribution is 7.20. The topological polar surface area (TPSA) is 198 Å². The zero-order chi connectivity index (χ0) is 70.2. The monoisotopic (exact) mass is 1370 g/mol. The Bertz CT molecular complexity index is 7090. The molecule has 0 aliphatic carbocycles. The highest BCUT2D eigenvalue weighted by Gasteiger charge is 2.40. The Labute approximate surface area is 590 Å². The van der Waals surface area contributed by atoms with Gasteiger partial charge in [0.2, 0.25) is 33.2 Å². The molecule has 5 aliphatic heterocycles. The van der Waals surface area contributed by atoms with Crippen LogP contribution in [0.3, 0.4) is 0 Å². The van der Waals surface area contributed by atoms with E-state index in [1.54, 1.807) is 23.7 Å². The number of benzene rings is 1. The quantitative estimate of drug-likeness (QED) is 0.142. The molecule has 25 heterocycles. The van der Waals surface area contributed by atoms with E-state index in [0.717, 1.165) is 150 Å². The smallest absolute Gasteiger partial charge is 0.355 e. The molecule has 490 valence electrons. The number of pyridine rings is 10. The van der Waals surface area contributed by atoms with E-state index in [1.807, 2.05) is 178 Å². The molecule has 0 bridgehead atoms. The van der Waals surface area contributed by atoms with Gasteiger partial charge in [0.25, 0.3) is 22.9 Å². The van der Waals surface area contributed by atoms with E-state index in [0.29, 0.717) is 23.6 Å². The van der Waals surface area contributed by atoms with Crippen molar-refractivity contribution in [2.75, 3.05) is 0 Å². The SMILES string of the molecule is Cn1c2ncccc2n2c3[n+](cc12)Cc1ncccc1-3.[2H]C([2H])([2H])n1c2ncccc2n2c3[n+](cc12)Cc1ncccc1-3.c1ccc(-n2c3[n+](c4c2nc2ccccn24)Cc2ncccc2-3)cc1.c1cnc2c(c1)-c1oc3nc4ccccn4c3[n+]1C2.c1cnc2c(c1)-c1sc3nc4ccccn4c3[n+]1C2. The largest absolute Gasteiger partial charge is 0.395 e. The summed E-state index contributed by atoms with van der Waals surface area (Å²) in [5.41, 5.74) is 25.2. The third-order valence-electron chi connectivity index (χ3n) is 20.1. The summed E-state index contributed by atoms with van der Waals surface area (Å²) >= 11 is 1.75. The standard InChI is InChI=1S/C20H14N5.2C15H12N5.C14H9N4O.C14H9N4S/c1-2-7-14(8-3-1)25-18-20(23-12-5-4-10-17(23)22-18)24-13-16-15(19(24)25)9-6-11-21-16;2*1-18-13-9-19-8-11-10(4-2-6-16-11)15(19)20(13)12-5-3-7-17-14(12)18;2*1-2-7-17-11(5-1)16-12-13(17)18-8-10-9(14(18)19-12)4-3-6-15-10/h1-12H,13H2;2*2-7,9H,8H2,1H3;2*1-7H,8H2/q5*+1/i;1D3;;;. The molecule has 20 aromatic heterocycles. The Morgan fingerprint density at radius 3 is 1.51 bits per heavy atom. The summed E-state index contributed by atoms with van der Waals surface area (Å²) in [7, 11) is 2.06. The number of aryl methyl sites for hydroxylation is 2. The third kappa shape index (κ3) is 8.35. The van der Waals surface area contributed by atoms with Crippen LogP contribution in [0, 0.1) is 0 Å². The fraction of sp³-hybridized carbons (Fsp3) is 0.0897. The molecule has 5 aliphatic rings. The van der Waals surface area contributed by atoms with E-state index < -0.39 is 6.98 Å². The molecule has 0 fully saturated rings. The molecule has 0 unspecified atom stereocenters. The van der Waals surface area contributed by atoms with Crippen molar-refractivity contribution in [3.8, 4) is 61.9 Å². The lowest BCUT2D eigenvalue weighted by Gasteiger charge is -2.02. The van der Waals surface area contributed by atoms with Crippen LogP contribution in [-0.4, -0.2) is 85.5 Å². The van der Waals surface area contributed by atoms with Crippen molar-refractivity contribution >= 4 is 95.0 Å². The number of para-hydroxylation sites is 1. The fourth-order valence-electron chi connectivity index (χ4n) is 15.7. The average molecular weight is 1370 g/mol. The Balaban J connectivity index is 0.0000000830. The number of rotatable bonds is 1. The van der Waals surface area contributed by atoms with Gasteiger partial charge in [-0.1, -0.05) is 47.7 Å². The number of imidazole rings is 8. The van der Waals surface area contributed by atoms with E-state index >= 15 is 0 Å². The van der Waals surface area contributed by atoms with Crippen molar-refractivity contribution in [1.82, 2.24) is 85.5 Å². The van der Waals surface area contributed by atoms with Crippen molar-refractivity contribution < 1.29 is 31.4 Å². The van der Waals surface area contributed by atoms with Gasteiger partial charge in [-0.05, 0) is 121 Å². The van der Waals surface area contributed by atoms with Crippen LogP contribution in [0.1, 0.15) is 32.6 Å². The van der Waals surface area contributed by atoms with Crippen LogP contribution in [0.25, 0.3) is 146 Å². The Hall–Kier alpha value is -13.8. The van der Waals surface area contributed by atoms with Gasteiger partial charge in [-0.25, -0.2) is 37.2 Å². The number of aromatic nitrogens is 23. The van der Waals surface area contributed by atoms with Gasteiger partial charge < -0.3 is 4.42 Å². The Morgan fingerprint density at radius 1 is 0.408 bits per heavy atom. The van der Waals surface area contributed by atoms with Crippen LogP contribution in [0.5, 0.6) is 0 Å². The van der Waals surface area contributed by atoms with Gasteiger partial charge in [-0.3, -0.25) is 34.1 Å². The highest BCUT2D eigenvalue weighted by atomic mass is 32.1. The summed E-state index contributed by atoms with van der Waals surface area (Å²) in [5, 5.41) is 1.26. The van der Waals surface area contributed by atoms with Crippen LogP contribution in [-0.2, 0) is 46.7 Å². The molecule has 0 spiro atoms. The molecule has 103 heavy (non-hydrogen) atoms. The molecule has 0 radical (unpaired) electrons. The van der Waals surface area contributed by atoms with Crippen molar-refractivity contribution in [2.45, 2.75) is 32.7 Å². The molecule has 24 nitrogen and oxygen atoms in total. The zero-order valence-corrected chi connectivity index (χ0v) is 55.5. The predicted octanol–water partition coefficient (Wildman–Crippen LogP) is 10.1. The van der Waals surface area contributed by atoms with Gasteiger partial charge in [0.15, 0.2) is 45.4 Å². The first-order valence-electron chi connectivity index (χ1n) is 35.2. The fourth-order valence-corrected chi connectivity index (χ4v) is 16.9. The second-order valence-corrected chi connectivity index (χ2v) is 26.7. The lowest BCUT2D eigenvalue weighted by atomic mass is 10.2. The molecule has 26 rings (SSSR count). The number of fused-ring (bicyclic) bond motifs is 35. The van der Waals surface area contributed by atoms with Gasteiger partial charge in [0.1, 0.15) is 38.4 Å². The third-order valence-corrected chi connectivity index (χ3v) is 21.2. The van der Waals surface area contributed by atoms with E-state index in [2.05, 4.69) is 155 Å². The van der Waals surface area contributed by atoms with Crippen molar-refractivity contribution in [3.63, 3.8) is 0 Å². The first kappa shape index (κ1) is 54.1. The first-order valence-corrected chi connectivity index (χ1v) is 34.5. The zero-order valence-electron chi connectivity index (χ0n) is 57.7. The normalized spacial score (nSPS) is 13.5. The minimum atomic E-state index is -2.29. The predicted molar refractivity (Wildman–Crippen MR) is 384 cm³/mol. The van der Waals surface area contributed by atoms with E-state index in [9.17, 15) is 0 Å². The average Bonchev–Trinajstić information content (AvgIpc) is 1.56. The molecule has 21 aromatic rings. The van der Waals surface area contributed by atoms with Gasteiger partial charge in [0, 0.05) is 73.6 Å². The Morgan fingerprint density at radius 2 is 0.883 bits per heavy atom. The summed E-state index contributed by atoms with van der Waals surface area (Å²) in [6, 6.07) is 56.7. The number of oxazole rings is 1. The van der Waals surface area contributed by atoms with Crippen molar-refractivity contribution in [3.05, 3.63) is 273 Å². The van der Waals surface area contributed by atoms with Gasteiger partial charge in [-0.2, -0.15) is 37.1 Å². The second kappa shape index (κ2) is 21.8. The van der Waals surface area contributed by atoms with Crippen LogP contribution in [0.2, 0.25) is 0 Å². The first-order chi connectivity index (χ1) is 52.1. The maximum atomic E-state index is 7.87. The van der Waals surface area contributed by atoms with Gasteiger partial charge >= 0.3 is 22.9 Å². The molecule has 25 heteroatoms. The maximum Gasteiger partial charge on any atom is 0.355 e. The molecule has 0 atom stereocenters. The summed E-state index contributed by atoms with van der Waals surface area (Å²) < 4.78 is 56.9. The van der Waals surface area contributed by atoms with Crippen molar-refractivity contribution in [1.29, 1.82) is 0 Å². The summed E-state index contributed by atoms with van der Waals surface area (Å²) in [6.45, 7) is 1.55. The van der Waals surface area contributed by atoms with Crippen LogP contribution in [0.15, 0.2) is 249 Å². The highest BCUT2D eigenvalue weighted by Crippen LogP contribution is 2.38. The molecule has 0 amide bonds. The number of hydrogen-bond donors (Lipinski definition) is 0. The minimum Gasteiger partial charge on any atom is -0.395 e. The number of hydrogen-bond acceptors (Lipinski definition) is 12. The summed E-state index contributed by atoms with van der Waals surface area (Å²) in [4.78, 5) is 46.4. The Kier molecular flexibility index (Phi) is 11.5. The van der Waals surface area contributed by atoms with Gasteiger partial charge in [-0.15, -0.1) is 0 Å². The molecule has 0 saturated carbocycles. The van der Waals surface area contributed by atoms with Crippen LogP contribution < -0.4 is 22.8 Å². The molecule has 1 aromatic carbocycles. The molecular weight excluding hydrogens is 1310 g/mol. The molecular formula is C78H56N23OS+5. The number of thiazole rings is 1. The van der Waals surface area contributed by atoms with E-state index in [-0.39, 0.29) is 0 Å². The summed E-state index contributed by atoms with van der Waals surface area (Å²) in [5.74, 6) is 4.13. The van der Waals surface area contributed by atoms with Crippen LogP contribution in [0.4, 0.5) is 0 Å². The van der Waals surface area contributed by atoms with Crippen LogP contribution >= 0.6 is 11.3 Å². The van der Waals surface area contributed by atoms with Crippen molar-refractivity contribution in [2.24, 2.45) is 14.0 Å². The lowest BCUT2D eigenvalue weighted by Crippen LogP contribution is -2.32. The molecule has 0 saturated heterocycles. The molecule has 0 N–H and O–H groups in total. The van der Waals surface area contributed by atoms with Gasteiger partial charge in [0.05, 0.1) is 74.9 Å². The van der Waals surface area contributed by atoms with E-state index in [4.69, 9.17) is 18.5 Å². The maximum absolute atomic E-state index is 7.87. The lowest BCUT2D eigenvalue weighted by molar-refractivity contribution is -0.670. The minimum absolute atomic E-state index is 0.461. The van der Waals surface area contributed by atoms with E-state index in [1.165, 1.54) is 37.7 Å². The second-order valence-electron chi connectivity index (χ2n) is 25.7.